The van der Waals surface area contributed by atoms with Gasteiger partial charge in [-0.3, -0.25) is 4.79 Å². The third-order valence-electron chi connectivity index (χ3n) is 3.95. The summed E-state index contributed by atoms with van der Waals surface area (Å²) < 4.78 is 0. The number of allylic oxidation sites excluding steroid dienone is 1. The van der Waals surface area contributed by atoms with Gasteiger partial charge in [-0.15, -0.1) is 0 Å². The van der Waals surface area contributed by atoms with Crippen molar-refractivity contribution in [2.45, 2.75) is 90.9 Å². The van der Waals surface area contributed by atoms with Gasteiger partial charge in [-0.1, -0.05) is 84.6 Å². The van der Waals surface area contributed by atoms with E-state index in [-0.39, 0.29) is 5.78 Å². The zero-order chi connectivity index (χ0) is 14.3. The highest BCUT2D eigenvalue weighted by molar-refractivity contribution is 5.88. The number of rotatable bonds is 14. The molecule has 1 unspecified atom stereocenters. The van der Waals surface area contributed by atoms with Crippen molar-refractivity contribution in [3.05, 3.63) is 12.7 Å². The van der Waals surface area contributed by atoms with Crippen molar-refractivity contribution in [3.63, 3.8) is 0 Å². The molecule has 0 aliphatic rings. The van der Waals surface area contributed by atoms with E-state index in [1.54, 1.807) is 0 Å². The molecule has 0 saturated carbocycles. The summed E-state index contributed by atoms with van der Waals surface area (Å²) in [6.07, 6.45) is 16.7. The van der Waals surface area contributed by atoms with Crippen molar-refractivity contribution in [2.75, 3.05) is 0 Å². The van der Waals surface area contributed by atoms with E-state index in [1.165, 1.54) is 70.3 Å². The first-order valence-corrected chi connectivity index (χ1v) is 8.39. The summed E-state index contributed by atoms with van der Waals surface area (Å²) in [6, 6.07) is 0. The molecule has 112 valence electrons. The zero-order valence-corrected chi connectivity index (χ0v) is 13.3. The molecule has 1 atom stereocenters. The molecule has 0 aliphatic carbocycles. The van der Waals surface area contributed by atoms with Gasteiger partial charge < -0.3 is 0 Å². The van der Waals surface area contributed by atoms with Gasteiger partial charge in [0, 0.05) is 6.42 Å². The van der Waals surface area contributed by atoms with Crippen LogP contribution in [0.2, 0.25) is 0 Å². The van der Waals surface area contributed by atoms with Gasteiger partial charge in [0.05, 0.1) is 0 Å². The molecule has 0 fully saturated rings. The van der Waals surface area contributed by atoms with Gasteiger partial charge in [0.2, 0.25) is 0 Å². The van der Waals surface area contributed by atoms with E-state index < -0.39 is 0 Å². The standard InChI is InChI=1S/C18H34O/c1-4-7-9-10-14-17(13-8-5-2)15-11-12-16-18(19)6-3/h6,17H,3-5,7-16H2,1-2H3. The Morgan fingerprint density at radius 3 is 2.05 bits per heavy atom. The van der Waals surface area contributed by atoms with Crippen molar-refractivity contribution < 1.29 is 4.79 Å². The fourth-order valence-electron chi connectivity index (χ4n) is 2.62. The van der Waals surface area contributed by atoms with Crippen LogP contribution in [0.5, 0.6) is 0 Å². The maximum Gasteiger partial charge on any atom is 0.155 e. The number of carbonyl (C=O) groups excluding carboxylic acids is 1. The Bertz CT molecular complexity index is 220. The normalized spacial score (nSPS) is 12.3. The molecule has 0 saturated heterocycles. The van der Waals surface area contributed by atoms with Crippen LogP contribution in [0.1, 0.15) is 90.9 Å². The maximum absolute atomic E-state index is 11.2. The number of hydrogen-bond acceptors (Lipinski definition) is 1. The molecular weight excluding hydrogens is 232 g/mol. The van der Waals surface area contributed by atoms with Gasteiger partial charge in [0.25, 0.3) is 0 Å². The summed E-state index contributed by atoms with van der Waals surface area (Å²) in [5.74, 6) is 1.10. The highest BCUT2D eigenvalue weighted by atomic mass is 16.1. The highest BCUT2D eigenvalue weighted by Gasteiger charge is 2.08. The average Bonchev–Trinajstić information content (AvgIpc) is 2.44. The van der Waals surface area contributed by atoms with E-state index >= 15 is 0 Å². The van der Waals surface area contributed by atoms with E-state index in [9.17, 15) is 4.79 Å². The lowest BCUT2D eigenvalue weighted by atomic mass is 9.90. The summed E-state index contributed by atoms with van der Waals surface area (Å²) in [5, 5.41) is 0. The van der Waals surface area contributed by atoms with E-state index in [2.05, 4.69) is 20.4 Å². The molecule has 0 radical (unpaired) electrons. The average molecular weight is 266 g/mol. The molecule has 1 nitrogen and oxygen atoms in total. The van der Waals surface area contributed by atoms with Gasteiger partial charge >= 0.3 is 0 Å². The van der Waals surface area contributed by atoms with Crippen molar-refractivity contribution in [1.29, 1.82) is 0 Å². The van der Waals surface area contributed by atoms with Gasteiger partial charge in [0.15, 0.2) is 5.78 Å². The lowest BCUT2D eigenvalue weighted by Gasteiger charge is -2.16. The van der Waals surface area contributed by atoms with Crippen LogP contribution in [-0.2, 0) is 4.79 Å². The smallest absolute Gasteiger partial charge is 0.155 e. The van der Waals surface area contributed by atoms with E-state index in [4.69, 9.17) is 0 Å². The second-order valence-corrected chi connectivity index (χ2v) is 5.77. The van der Waals surface area contributed by atoms with E-state index in [0.717, 1.165) is 12.3 Å². The second kappa shape index (κ2) is 13.8. The number of carbonyl (C=O) groups is 1. The summed E-state index contributed by atoms with van der Waals surface area (Å²) in [6.45, 7) is 8.07. The second-order valence-electron chi connectivity index (χ2n) is 5.77. The van der Waals surface area contributed by atoms with Crippen molar-refractivity contribution in [2.24, 2.45) is 5.92 Å². The Hall–Kier alpha value is -0.590. The highest BCUT2D eigenvalue weighted by Crippen LogP contribution is 2.23. The van der Waals surface area contributed by atoms with Gasteiger partial charge in [-0.25, -0.2) is 0 Å². The molecule has 0 heterocycles. The first-order valence-electron chi connectivity index (χ1n) is 8.39. The van der Waals surface area contributed by atoms with Crippen LogP contribution in [0.4, 0.5) is 0 Å². The van der Waals surface area contributed by atoms with Gasteiger partial charge in [0.1, 0.15) is 0 Å². The summed E-state index contributed by atoms with van der Waals surface area (Å²) in [7, 11) is 0. The fourth-order valence-corrected chi connectivity index (χ4v) is 2.62. The van der Waals surface area contributed by atoms with Gasteiger partial charge in [-0.05, 0) is 18.4 Å². The van der Waals surface area contributed by atoms with E-state index in [1.807, 2.05) is 0 Å². The van der Waals surface area contributed by atoms with Crippen molar-refractivity contribution in [3.8, 4) is 0 Å². The summed E-state index contributed by atoms with van der Waals surface area (Å²) >= 11 is 0. The molecule has 0 aromatic carbocycles. The Morgan fingerprint density at radius 1 is 0.895 bits per heavy atom. The van der Waals surface area contributed by atoms with Crippen LogP contribution in [0.3, 0.4) is 0 Å². The topological polar surface area (TPSA) is 17.1 Å². The first-order chi connectivity index (χ1) is 9.24. The van der Waals surface area contributed by atoms with Gasteiger partial charge in [-0.2, -0.15) is 0 Å². The predicted molar refractivity (Wildman–Crippen MR) is 85.4 cm³/mol. The lowest BCUT2D eigenvalue weighted by molar-refractivity contribution is -0.114. The SMILES string of the molecule is C=CC(=O)CCCCC(CCCC)CCCCCC. The van der Waals surface area contributed by atoms with Crippen LogP contribution < -0.4 is 0 Å². The molecule has 1 heteroatoms. The molecule has 0 aromatic rings. The largest absolute Gasteiger partial charge is 0.295 e. The van der Waals surface area contributed by atoms with Crippen molar-refractivity contribution >= 4 is 5.78 Å². The first kappa shape index (κ1) is 18.4. The van der Waals surface area contributed by atoms with E-state index in [0.29, 0.717) is 6.42 Å². The van der Waals surface area contributed by atoms with Crippen LogP contribution >= 0.6 is 0 Å². The fraction of sp³-hybridized carbons (Fsp3) is 0.833. The zero-order valence-electron chi connectivity index (χ0n) is 13.3. The quantitative estimate of drug-likeness (QED) is 0.275. The molecule has 19 heavy (non-hydrogen) atoms. The third kappa shape index (κ3) is 12.2. The molecule has 0 spiro atoms. The molecular formula is C18H34O. The predicted octanol–water partition coefficient (Wildman–Crippen LogP) is 6.08. The maximum atomic E-state index is 11.2. The summed E-state index contributed by atoms with van der Waals surface area (Å²) in [5.41, 5.74) is 0. The van der Waals surface area contributed by atoms with Crippen molar-refractivity contribution in [1.82, 2.24) is 0 Å². The molecule has 0 bridgehead atoms. The number of hydrogen-bond donors (Lipinski definition) is 0. The molecule has 0 aliphatic heterocycles. The van der Waals surface area contributed by atoms with Crippen LogP contribution in [0.25, 0.3) is 0 Å². The van der Waals surface area contributed by atoms with Crippen LogP contribution in [0.15, 0.2) is 12.7 Å². The molecule has 0 N–H and O–H groups in total. The third-order valence-corrected chi connectivity index (χ3v) is 3.95. The molecule has 0 amide bonds. The number of ketones is 1. The molecule has 0 aromatic heterocycles. The minimum atomic E-state index is 0.202. The lowest BCUT2D eigenvalue weighted by Crippen LogP contribution is -2.02. The minimum absolute atomic E-state index is 0.202. The summed E-state index contributed by atoms with van der Waals surface area (Å²) in [4.78, 5) is 11.2. The Labute approximate surface area is 120 Å². The molecule has 0 rings (SSSR count). The Balaban J connectivity index is 3.72. The number of unbranched alkanes of at least 4 members (excludes halogenated alkanes) is 5. The minimum Gasteiger partial charge on any atom is -0.295 e. The Kier molecular flexibility index (Phi) is 13.4. The van der Waals surface area contributed by atoms with Crippen LogP contribution in [0, 0.1) is 5.92 Å². The monoisotopic (exact) mass is 266 g/mol. The Morgan fingerprint density at radius 2 is 1.47 bits per heavy atom. The van der Waals surface area contributed by atoms with Crippen LogP contribution in [-0.4, -0.2) is 5.78 Å².